The van der Waals surface area contributed by atoms with Gasteiger partial charge in [-0.25, -0.2) is 0 Å². The highest BCUT2D eigenvalue weighted by Crippen LogP contribution is 2.19. The van der Waals surface area contributed by atoms with Crippen LogP contribution in [0.1, 0.15) is 0 Å². The Kier molecular flexibility index (Phi) is 2.79. The first kappa shape index (κ1) is 9.62. The third-order valence-corrected chi connectivity index (χ3v) is 2.50. The van der Waals surface area contributed by atoms with Gasteiger partial charge in [-0.3, -0.25) is 0 Å². The molecule has 1 heterocycles. The molecule has 1 aromatic carbocycles. The average molecular weight is 270 g/mol. The van der Waals surface area contributed by atoms with E-state index in [9.17, 15) is 0 Å². The van der Waals surface area contributed by atoms with Gasteiger partial charge in [0.2, 0.25) is 0 Å². The van der Waals surface area contributed by atoms with Crippen LogP contribution < -0.4 is 0 Å². The molecular formula is C10H6BrClN2. The van der Waals surface area contributed by atoms with Crippen LogP contribution in [0.4, 0.5) is 0 Å². The van der Waals surface area contributed by atoms with Gasteiger partial charge in [0.05, 0.1) is 5.69 Å². The fraction of sp³-hybridized carbons (Fsp3) is 0. The minimum atomic E-state index is 0.408. The molecule has 0 bridgehead atoms. The van der Waals surface area contributed by atoms with Crippen LogP contribution in [0.25, 0.3) is 11.3 Å². The van der Waals surface area contributed by atoms with Gasteiger partial charge >= 0.3 is 0 Å². The Balaban J connectivity index is 2.40. The predicted octanol–water partition coefficient (Wildman–Crippen LogP) is 3.56. The van der Waals surface area contributed by atoms with Crippen molar-refractivity contribution in [3.05, 3.63) is 46.0 Å². The zero-order chi connectivity index (χ0) is 9.97. The summed E-state index contributed by atoms with van der Waals surface area (Å²) in [5, 5.41) is 8.17. The molecule has 0 aliphatic heterocycles. The van der Waals surface area contributed by atoms with Gasteiger partial charge in [-0.1, -0.05) is 39.7 Å². The molecular weight excluding hydrogens is 263 g/mol. The summed E-state index contributed by atoms with van der Waals surface area (Å²) in [6.45, 7) is 0. The van der Waals surface area contributed by atoms with E-state index in [0.29, 0.717) is 5.15 Å². The molecule has 0 radical (unpaired) electrons. The normalized spacial score (nSPS) is 10.1. The quantitative estimate of drug-likeness (QED) is 0.791. The lowest BCUT2D eigenvalue weighted by Crippen LogP contribution is -1.86. The van der Waals surface area contributed by atoms with Crippen molar-refractivity contribution in [2.24, 2.45) is 0 Å². The number of aromatic nitrogens is 2. The van der Waals surface area contributed by atoms with E-state index in [0.717, 1.165) is 15.7 Å². The lowest BCUT2D eigenvalue weighted by Gasteiger charge is -1.99. The number of hydrogen-bond donors (Lipinski definition) is 0. The molecule has 2 rings (SSSR count). The van der Waals surface area contributed by atoms with Gasteiger partial charge in [-0.05, 0) is 24.3 Å². The molecule has 0 fully saturated rings. The Morgan fingerprint density at radius 3 is 2.21 bits per heavy atom. The smallest absolute Gasteiger partial charge is 0.149 e. The van der Waals surface area contributed by atoms with Crippen LogP contribution in [-0.2, 0) is 0 Å². The summed E-state index contributed by atoms with van der Waals surface area (Å²) in [6, 6.07) is 11.5. The van der Waals surface area contributed by atoms with Gasteiger partial charge in [-0.15, -0.1) is 10.2 Å². The van der Waals surface area contributed by atoms with Crippen molar-refractivity contribution in [1.82, 2.24) is 10.2 Å². The monoisotopic (exact) mass is 268 g/mol. The number of halogens is 2. The van der Waals surface area contributed by atoms with E-state index >= 15 is 0 Å². The summed E-state index contributed by atoms with van der Waals surface area (Å²) in [5.41, 5.74) is 1.85. The minimum absolute atomic E-state index is 0.408. The number of hydrogen-bond acceptors (Lipinski definition) is 2. The van der Waals surface area contributed by atoms with Gasteiger partial charge < -0.3 is 0 Å². The summed E-state index contributed by atoms with van der Waals surface area (Å²) >= 11 is 9.02. The van der Waals surface area contributed by atoms with E-state index < -0.39 is 0 Å². The molecule has 14 heavy (non-hydrogen) atoms. The summed E-state index contributed by atoms with van der Waals surface area (Å²) < 4.78 is 1.04. The number of rotatable bonds is 1. The maximum Gasteiger partial charge on any atom is 0.151 e. The second-order valence-corrected chi connectivity index (χ2v) is 4.05. The molecule has 0 saturated heterocycles. The Hall–Kier alpha value is -0.930. The highest BCUT2D eigenvalue weighted by Gasteiger charge is 1.99. The molecule has 70 valence electrons. The van der Waals surface area contributed by atoms with Gasteiger partial charge in [-0.2, -0.15) is 0 Å². The first-order valence-electron chi connectivity index (χ1n) is 4.01. The molecule has 0 spiro atoms. The molecule has 0 unspecified atom stereocenters. The second-order valence-electron chi connectivity index (χ2n) is 2.75. The zero-order valence-corrected chi connectivity index (χ0v) is 9.46. The summed E-state index contributed by atoms with van der Waals surface area (Å²) in [5.74, 6) is 0. The lowest BCUT2D eigenvalue weighted by molar-refractivity contribution is 1.04. The van der Waals surface area contributed by atoms with Gasteiger partial charge in [0.1, 0.15) is 0 Å². The van der Waals surface area contributed by atoms with Crippen molar-refractivity contribution in [2.75, 3.05) is 0 Å². The summed E-state index contributed by atoms with van der Waals surface area (Å²) in [7, 11) is 0. The van der Waals surface area contributed by atoms with Crippen molar-refractivity contribution < 1.29 is 0 Å². The molecule has 4 heteroatoms. The Morgan fingerprint density at radius 1 is 0.929 bits per heavy atom. The predicted molar refractivity (Wildman–Crippen MR) is 60.2 cm³/mol. The van der Waals surface area contributed by atoms with E-state index in [4.69, 9.17) is 11.6 Å². The Bertz CT molecular complexity index is 381. The van der Waals surface area contributed by atoms with Crippen molar-refractivity contribution in [3.8, 4) is 11.3 Å². The minimum Gasteiger partial charge on any atom is -0.149 e. The van der Waals surface area contributed by atoms with E-state index in [-0.39, 0.29) is 0 Å². The third-order valence-electron chi connectivity index (χ3n) is 1.77. The molecule has 0 aliphatic carbocycles. The molecule has 2 aromatic rings. The van der Waals surface area contributed by atoms with Crippen molar-refractivity contribution in [1.29, 1.82) is 0 Å². The van der Waals surface area contributed by atoms with E-state index in [1.54, 1.807) is 6.07 Å². The molecule has 0 saturated carbocycles. The van der Waals surface area contributed by atoms with Crippen LogP contribution in [0.3, 0.4) is 0 Å². The topological polar surface area (TPSA) is 25.8 Å². The maximum atomic E-state index is 5.64. The van der Waals surface area contributed by atoms with Crippen molar-refractivity contribution >= 4 is 27.5 Å². The molecule has 1 aromatic heterocycles. The summed E-state index contributed by atoms with van der Waals surface area (Å²) in [6.07, 6.45) is 0. The van der Waals surface area contributed by atoms with E-state index in [1.807, 2.05) is 30.3 Å². The maximum absolute atomic E-state index is 5.64. The van der Waals surface area contributed by atoms with Gasteiger partial charge in [0.25, 0.3) is 0 Å². The first-order chi connectivity index (χ1) is 6.75. The van der Waals surface area contributed by atoms with Crippen molar-refractivity contribution in [2.45, 2.75) is 0 Å². The molecule has 0 aliphatic rings. The Labute approximate surface area is 95.1 Å². The van der Waals surface area contributed by atoms with Crippen LogP contribution in [0.2, 0.25) is 5.15 Å². The SMILES string of the molecule is Clc1ccc(-c2ccc(Br)cc2)nn1. The van der Waals surface area contributed by atoms with Crippen molar-refractivity contribution in [3.63, 3.8) is 0 Å². The first-order valence-corrected chi connectivity index (χ1v) is 5.18. The highest BCUT2D eigenvalue weighted by atomic mass is 79.9. The van der Waals surface area contributed by atoms with E-state index in [2.05, 4.69) is 26.1 Å². The van der Waals surface area contributed by atoms with Crippen LogP contribution in [0.5, 0.6) is 0 Å². The fourth-order valence-corrected chi connectivity index (χ4v) is 1.46. The van der Waals surface area contributed by atoms with E-state index in [1.165, 1.54) is 0 Å². The zero-order valence-electron chi connectivity index (χ0n) is 7.11. The fourth-order valence-electron chi connectivity index (χ4n) is 1.09. The second kappa shape index (κ2) is 4.07. The number of benzene rings is 1. The van der Waals surface area contributed by atoms with Crippen LogP contribution in [0, 0.1) is 0 Å². The summed E-state index contributed by atoms with van der Waals surface area (Å²) in [4.78, 5) is 0. The average Bonchev–Trinajstić information content (AvgIpc) is 2.21. The van der Waals surface area contributed by atoms with Gasteiger partial charge in [0, 0.05) is 10.0 Å². The van der Waals surface area contributed by atoms with Crippen LogP contribution in [0.15, 0.2) is 40.9 Å². The van der Waals surface area contributed by atoms with Gasteiger partial charge in [0.15, 0.2) is 5.15 Å². The largest absolute Gasteiger partial charge is 0.151 e. The van der Waals surface area contributed by atoms with Crippen LogP contribution in [-0.4, -0.2) is 10.2 Å². The highest BCUT2D eigenvalue weighted by molar-refractivity contribution is 9.10. The molecule has 0 amide bonds. The third kappa shape index (κ3) is 2.11. The molecule has 2 nitrogen and oxygen atoms in total. The lowest BCUT2D eigenvalue weighted by atomic mass is 10.1. The standard InChI is InChI=1S/C10H6BrClN2/c11-8-3-1-7(2-4-8)9-5-6-10(12)14-13-9/h1-6H. The number of nitrogens with zero attached hydrogens (tertiary/aromatic N) is 2. The Morgan fingerprint density at radius 2 is 1.64 bits per heavy atom. The van der Waals surface area contributed by atoms with Crippen LogP contribution >= 0.6 is 27.5 Å². The molecule has 0 atom stereocenters. The molecule has 0 N–H and O–H groups in total.